The van der Waals surface area contributed by atoms with E-state index in [0.717, 1.165) is 19.3 Å². The molecular weight excluding hydrogens is 214 g/mol. The van der Waals surface area contributed by atoms with Gasteiger partial charge in [-0.05, 0) is 25.2 Å². The van der Waals surface area contributed by atoms with E-state index in [1.165, 1.54) is 19.3 Å². The van der Waals surface area contributed by atoms with E-state index in [1.807, 2.05) is 13.0 Å². The molecule has 1 aliphatic carbocycles. The maximum atomic E-state index is 12.2. The fourth-order valence-electron chi connectivity index (χ4n) is 2.53. The molecule has 0 aliphatic heterocycles. The molecule has 4 heteroatoms. The quantitative estimate of drug-likeness (QED) is 0.739. The van der Waals surface area contributed by atoms with E-state index in [1.54, 1.807) is 4.90 Å². The fraction of sp³-hybridized carbons (Fsp3) is 0.846. The van der Waals surface area contributed by atoms with Crippen LogP contribution in [0.5, 0.6) is 0 Å². The molecule has 1 saturated carbocycles. The number of carbonyl (C=O) groups is 1. The molecule has 17 heavy (non-hydrogen) atoms. The van der Waals surface area contributed by atoms with Gasteiger partial charge in [0.15, 0.2) is 0 Å². The van der Waals surface area contributed by atoms with E-state index in [-0.39, 0.29) is 12.5 Å². The third-order valence-electron chi connectivity index (χ3n) is 3.51. The van der Waals surface area contributed by atoms with Crippen LogP contribution in [0, 0.1) is 17.2 Å². The summed E-state index contributed by atoms with van der Waals surface area (Å²) in [6, 6.07) is 1.63. The van der Waals surface area contributed by atoms with E-state index in [9.17, 15) is 4.79 Å². The number of nitriles is 1. The Kier molecular flexibility index (Phi) is 5.99. The van der Waals surface area contributed by atoms with Gasteiger partial charge in [-0.2, -0.15) is 5.26 Å². The first-order chi connectivity index (χ1) is 8.20. The van der Waals surface area contributed by atoms with Crippen molar-refractivity contribution in [1.29, 1.82) is 5.26 Å². The molecule has 0 spiro atoms. The van der Waals surface area contributed by atoms with Crippen molar-refractivity contribution in [2.45, 2.75) is 51.5 Å². The fourth-order valence-corrected chi connectivity index (χ4v) is 2.53. The van der Waals surface area contributed by atoms with Crippen molar-refractivity contribution in [2.24, 2.45) is 11.7 Å². The molecule has 0 radical (unpaired) electrons. The summed E-state index contributed by atoms with van der Waals surface area (Å²) in [7, 11) is 0. The maximum absolute atomic E-state index is 12.2. The first-order valence-electron chi connectivity index (χ1n) is 6.62. The van der Waals surface area contributed by atoms with Crippen molar-refractivity contribution in [3.8, 4) is 6.07 Å². The molecule has 1 atom stereocenters. The summed E-state index contributed by atoms with van der Waals surface area (Å²) in [5, 5.41) is 8.72. The summed E-state index contributed by atoms with van der Waals surface area (Å²) in [6.07, 6.45) is 6.59. The Balaban J connectivity index is 2.55. The van der Waals surface area contributed by atoms with Crippen LogP contribution in [0.15, 0.2) is 0 Å². The topological polar surface area (TPSA) is 70.1 Å². The zero-order valence-corrected chi connectivity index (χ0v) is 10.7. The van der Waals surface area contributed by atoms with Crippen molar-refractivity contribution in [1.82, 2.24) is 4.90 Å². The predicted molar refractivity (Wildman–Crippen MR) is 67.0 cm³/mol. The van der Waals surface area contributed by atoms with Gasteiger partial charge in [0.2, 0.25) is 5.91 Å². The largest absolute Gasteiger partial charge is 0.328 e. The van der Waals surface area contributed by atoms with Gasteiger partial charge in [-0.15, -0.1) is 0 Å². The molecule has 0 aromatic heterocycles. The van der Waals surface area contributed by atoms with Gasteiger partial charge in [-0.25, -0.2) is 0 Å². The standard InChI is InChI=1S/C13H23N3O/c1-2-9-16(10-8-14)13(17)12(15)11-6-4-3-5-7-11/h11-12H,2-7,9-10,15H2,1H3. The van der Waals surface area contributed by atoms with Crippen LogP contribution in [0.2, 0.25) is 0 Å². The molecule has 0 saturated heterocycles. The van der Waals surface area contributed by atoms with Crippen molar-refractivity contribution in [3.63, 3.8) is 0 Å². The highest BCUT2D eigenvalue weighted by molar-refractivity contribution is 5.82. The van der Waals surface area contributed by atoms with Gasteiger partial charge in [0.25, 0.3) is 0 Å². The summed E-state index contributed by atoms with van der Waals surface area (Å²) >= 11 is 0. The highest BCUT2D eigenvalue weighted by atomic mass is 16.2. The molecule has 0 aromatic rings. The normalized spacial score (nSPS) is 18.4. The van der Waals surface area contributed by atoms with Gasteiger partial charge >= 0.3 is 0 Å². The van der Waals surface area contributed by atoms with Crippen LogP contribution in [-0.4, -0.2) is 29.9 Å². The lowest BCUT2D eigenvalue weighted by Crippen LogP contribution is -2.48. The first kappa shape index (κ1) is 14.0. The lowest BCUT2D eigenvalue weighted by molar-refractivity contribution is -0.133. The van der Waals surface area contributed by atoms with Gasteiger partial charge in [0.1, 0.15) is 6.54 Å². The molecule has 0 bridgehead atoms. The molecule has 96 valence electrons. The molecule has 1 fully saturated rings. The smallest absolute Gasteiger partial charge is 0.240 e. The van der Waals surface area contributed by atoms with Crippen LogP contribution in [-0.2, 0) is 4.79 Å². The summed E-state index contributed by atoms with van der Waals surface area (Å²) in [4.78, 5) is 13.8. The highest BCUT2D eigenvalue weighted by Crippen LogP contribution is 2.26. The Hall–Kier alpha value is -1.08. The second kappa shape index (κ2) is 7.29. The average Bonchev–Trinajstić information content (AvgIpc) is 2.38. The number of rotatable bonds is 5. The van der Waals surface area contributed by atoms with Crippen LogP contribution >= 0.6 is 0 Å². The summed E-state index contributed by atoms with van der Waals surface area (Å²) in [5.74, 6) is 0.273. The minimum Gasteiger partial charge on any atom is -0.328 e. The van der Waals surface area contributed by atoms with Crippen molar-refractivity contribution >= 4 is 5.91 Å². The minimum atomic E-state index is -0.407. The van der Waals surface area contributed by atoms with Crippen LogP contribution in [0.25, 0.3) is 0 Å². The SMILES string of the molecule is CCCN(CC#N)C(=O)C(N)C1CCCCC1. The Morgan fingerprint density at radius 1 is 1.47 bits per heavy atom. The van der Waals surface area contributed by atoms with E-state index in [0.29, 0.717) is 12.5 Å². The van der Waals surface area contributed by atoms with Gasteiger partial charge in [-0.3, -0.25) is 4.79 Å². The van der Waals surface area contributed by atoms with E-state index >= 15 is 0 Å². The van der Waals surface area contributed by atoms with Crippen molar-refractivity contribution in [2.75, 3.05) is 13.1 Å². The highest BCUT2D eigenvalue weighted by Gasteiger charge is 2.29. The molecule has 1 unspecified atom stereocenters. The molecule has 0 heterocycles. The molecule has 0 aromatic carbocycles. The monoisotopic (exact) mass is 237 g/mol. The second-order valence-corrected chi connectivity index (χ2v) is 4.84. The molecule has 1 amide bonds. The number of amides is 1. The Morgan fingerprint density at radius 2 is 2.12 bits per heavy atom. The van der Waals surface area contributed by atoms with Crippen LogP contribution in [0.3, 0.4) is 0 Å². The second-order valence-electron chi connectivity index (χ2n) is 4.84. The van der Waals surface area contributed by atoms with Gasteiger partial charge < -0.3 is 10.6 Å². The third kappa shape index (κ3) is 4.01. The summed E-state index contributed by atoms with van der Waals surface area (Å²) < 4.78 is 0. The summed E-state index contributed by atoms with van der Waals surface area (Å²) in [5.41, 5.74) is 6.05. The number of nitrogens with zero attached hydrogens (tertiary/aromatic N) is 2. The van der Waals surface area contributed by atoms with Crippen molar-refractivity contribution in [3.05, 3.63) is 0 Å². The number of carbonyl (C=O) groups excluding carboxylic acids is 1. The average molecular weight is 237 g/mol. The van der Waals surface area contributed by atoms with Gasteiger partial charge in [0, 0.05) is 6.54 Å². The molecule has 2 N–H and O–H groups in total. The van der Waals surface area contributed by atoms with Gasteiger partial charge in [0.05, 0.1) is 12.1 Å². The van der Waals surface area contributed by atoms with Crippen LogP contribution < -0.4 is 5.73 Å². The van der Waals surface area contributed by atoms with E-state index in [4.69, 9.17) is 11.0 Å². The molecular formula is C13H23N3O. The maximum Gasteiger partial charge on any atom is 0.240 e. The lowest BCUT2D eigenvalue weighted by Gasteiger charge is -2.30. The Labute approximate surface area is 104 Å². The van der Waals surface area contributed by atoms with Crippen molar-refractivity contribution < 1.29 is 4.79 Å². The third-order valence-corrected chi connectivity index (χ3v) is 3.51. The molecule has 1 aliphatic rings. The zero-order valence-electron chi connectivity index (χ0n) is 10.7. The number of nitrogens with two attached hydrogens (primary N) is 1. The lowest BCUT2D eigenvalue weighted by atomic mass is 9.84. The predicted octanol–water partition coefficient (Wildman–Crippen LogP) is 1.66. The summed E-state index contributed by atoms with van der Waals surface area (Å²) in [6.45, 7) is 2.80. The minimum absolute atomic E-state index is 0.0414. The zero-order chi connectivity index (χ0) is 12.7. The van der Waals surface area contributed by atoms with Crippen LogP contribution in [0.4, 0.5) is 0 Å². The van der Waals surface area contributed by atoms with E-state index in [2.05, 4.69) is 0 Å². The van der Waals surface area contributed by atoms with Crippen LogP contribution in [0.1, 0.15) is 45.4 Å². The van der Waals surface area contributed by atoms with E-state index < -0.39 is 6.04 Å². The Morgan fingerprint density at radius 3 is 2.65 bits per heavy atom. The molecule has 4 nitrogen and oxygen atoms in total. The Bertz CT molecular complexity index is 279. The van der Waals surface area contributed by atoms with Gasteiger partial charge in [-0.1, -0.05) is 26.2 Å². The number of hydrogen-bond acceptors (Lipinski definition) is 3. The molecule has 1 rings (SSSR count). The number of hydrogen-bond donors (Lipinski definition) is 1. The first-order valence-corrected chi connectivity index (χ1v) is 6.62.